The third-order valence-corrected chi connectivity index (χ3v) is 8.69. The van der Waals surface area contributed by atoms with E-state index in [1.807, 2.05) is 19.1 Å². The van der Waals surface area contributed by atoms with Gasteiger partial charge in [0, 0.05) is 24.5 Å². The highest BCUT2D eigenvalue weighted by molar-refractivity contribution is 7.89. The van der Waals surface area contributed by atoms with Gasteiger partial charge in [-0.25, -0.2) is 8.42 Å². The summed E-state index contributed by atoms with van der Waals surface area (Å²) < 4.78 is 38.4. The van der Waals surface area contributed by atoms with E-state index in [-0.39, 0.29) is 30.8 Å². The number of pyridine rings is 1. The number of carbonyl (C=O) groups is 2. The lowest BCUT2D eigenvalue weighted by Gasteiger charge is -2.29. The van der Waals surface area contributed by atoms with E-state index in [4.69, 9.17) is 9.47 Å². The largest absolute Gasteiger partial charge is 0.468 e. The molecular formula is C25H24N2O6S. The summed E-state index contributed by atoms with van der Waals surface area (Å²) in [7, 11) is -1.31. The average molecular weight is 481 g/mol. The van der Waals surface area contributed by atoms with Gasteiger partial charge in [-0.3, -0.25) is 14.6 Å². The van der Waals surface area contributed by atoms with Crippen molar-refractivity contribution in [3.63, 3.8) is 0 Å². The smallest absolute Gasteiger partial charge is 0.323 e. The summed E-state index contributed by atoms with van der Waals surface area (Å²) in [4.78, 5) is 30.2. The van der Waals surface area contributed by atoms with Crippen LogP contribution in [0.2, 0.25) is 0 Å². The number of aryl methyl sites for hydroxylation is 1. The number of hydrogen-bond donors (Lipinski definition) is 0. The van der Waals surface area contributed by atoms with Gasteiger partial charge in [0.05, 0.1) is 31.4 Å². The SMILES string of the molecule is COC(=O)C1(C(=O)OC)Cc2cc3ccnc4c3c(c2C1)CN(S(=O)(=O)c1ccc(C)cc1)C4. The minimum atomic E-state index is -3.80. The van der Waals surface area contributed by atoms with Gasteiger partial charge in [0.15, 0.2) is 5.41 Å². The first kappa shape index (κ1) is 22.5. The fourth-order valence-electron chi connectivity index (χ4n) is 5.16. The summed E-state index contributed by atoms with van der Waals surface area (Å²) >= 11 is 0. The van der Waals surface area contributed by atoms with Crippen molar-refractivity contribution in [2.24, 2.45) is 5.41 Å². The van der Waals surface area contributed by atoms with Crippen LogP contribution < -0.4 is 0 Å². The third kappa shape index (κ3) is 3.22. The molecule has 0 radical (unpaired) electrons. The number of aromatic nitrogens is 1. The second kappa shape index (κ2) is 7.89. The Kier molecular flexibility index (Phi) is 5.22. The predicted molar refractivity (Wildman–Crippen MR) is 123 cm³/mol. The topological polar surface area (TPSA) is 103 Å². The second-order valence-corrected chi connectivity index (χ2v) is 10.8. The molecule has 0 bridgehead atoms. The Bertz CT molecular complexity index is 1430. The van der Waals surface area contributed by atoms with Gasteiger partial charge in [0.25, 0.3) is 0 Å². The molecule has 0 spiro atoms. The van der Waals surface area contributed by atoms with E-state index in [2.05, 4.69) is 4.98 Å². The number of ether oxygens (including phenoxy) is 2. The Hall–Kier alpha value is -3.30. The van der Waals surface area contributed by atoms with Crippen LogP contribution in [0.1, 0.15) is 27.9 Å². The Labute approximate surface area is 197 Å². The van der Waals surface area contributed by atoms with Crippen LogP contribution in [0.5, 0.6) is 0 Å². The van der Waals surface area contributed by atoms with Gasteiger partial charge >= 0.3 is 11.9 Å². The Morgan fingerprint density at radius 1 is 0.971 bits per heavy atom. The van der Waals surface area contributed by atoms with Gasteiger partial charge in [-0.15, -0.1) is 0 Å². The van der Waals surface area contributed by atoms with Crippen molar-refractivity contribution in [3.05, 3.63) is 70.5 Å². The van der Waals surface area contributed by atoms with Crippen LogP contribution in [0.25, 0.3) is 10.8 Å². The molecule has 5 rings (SSSR count). The van der Waals surface area contributed by atoms with Crippen LogP contribution in [-0.4, -0.2) is 43.9 Å². The minimum Gasteiger partial charge on any atom is -0.468 e. The van der Waals surface area contributed by atoms with Crippen LogP contribution in [0.3, 0.4) is 0 Å². The molecule has 9 heteroatoms. The van der Waals surface area contributed by atoms with Gasteiger partial charge in [0.2, 0.25) is 10.0 Å². The van der Waals surface area contributed by atoms with E-state index in [9.17, 15) is 18.0 Å². The van der Waals surface area contributed by atoms with Crippen LogP contribution in [0, 0.1) is 12.3 Å². The molecule has 2 aliphatic rings. The lowest BCUT2D eigenvalue weighted by molar-refractivity contribution is -0.168. The van der Waals surface area contributed by atoms with Crippen LogP contribution >= 0.6 is 0 Å². The number of fused-ring (bicyclic) bond motifs is 2. The van der Waals surface area contributed by atoms with E-state index in [1.165, 1.54) is 18.5 Å². The van der Waals surface area contributed by atoms with Crippen molar-refractivity contribution in [1.82, 2.24) is 9.29 Å². The van der Waals surface area contributed by atoms with Gasteiger partial charge in [-0.1, -0.05) is 23.8 Å². The average Bonchev–Trinajstić information content (AvgIpc) is 3.24. The van der Waals surface area contributed by atoms with E-state index >= 15 is 0 Å². The van der Waals surface area contributed by atoms with Crippen molar-refractivity contribution >= 4 is 32.7 Å². The molecule has 0 N–H and O–H groups in total. The maximum absolute atomic E-state index is 13.5. The first-order valence-electron chi connectivity index (χ1n) is 10.9. The summed E-state index contributed by atoms with van der Waals surface area (Å²) in [6.45, 7) is 2.15. The molecule has 1 aliphatic carbocycles. The molecule has 0 saturated heterocycles. The molecule has 8 nitrogen and oxygen atoms in total. The van der Waals surface area contributed by atoms with Crippen LogP contribution in [-0.2, 0) is 55.0 Å². The lowest BCUT2D eigenvalue weighted by Crippen LogP contribution is -2.42. The molecule has 0 amide bonds. The Balaban J connectivity index is 1.65. The number of sulfonamides is 1. The first-order chi connectivity index (χ1) is 16.2. The highest BCUT2D eigenvalue weighted by Gasteiger charge is 2.53. The van der Waals surface area contributed by atoms with Crippen molar-refractivity contribution in [2.45, 2.75) is 37.8 Å². The van der Waals surface area contributed by atoms with Crippen molar-refractivity contribution in [2.75, 3.05) is 14.2 Å². The first-order valence-corrected chi connectivity index (χ1v) is 12.3. The van der Waals surface area contributed by atoms with E-state index in [0.29, 0.717) is 5.69 Å². The summed E-state index contributed by atoms with van der Waals surface area (Å²) in [5.74, 6) is -1.32. The maximum Gasteiger partial charge on any atom is 0.323 e. The molecule has 2 aromatic carbocycles. The molecule has 1 aromatic heterocycles. The number of nitrogens with zero attached hydrogens (tertiary/aromatic N) is 2. The lowest BCUT2D eigenvalue weighted by atomic mass is 9.84. The van der Waals surface area contributed by atoms with Crippen molar-refractivity contribution in [3.8, 4) is 0 Å². The summed E-state index contributed by atoms with van der Waals surface area (Å²) in [6.07, 6.45) is 1.87. The number of esters is 2. The zero-order valence-corrected chi connectivity index (χ0v) is 19.9. The molecule has 176 valence electrons. The third-order valence-electron chi connectivity index (χ3n) is 6.89. The number of methoxy groups -OCH3 is 2. The van der Waals surface area contributed by atoms with Gasteiger partial charge < -0.3 is 9.47 Å². The molecule has 0 saturated carbocycles. The fourth-order valence-corrected chi connectivity index (χ4v) is 6.53. The molecule has 3 aromatic rings. The summed E-state index contributed by atoms with van der Waals surface area (Å²) in [5.41, 5.74) is 2.48. The highest BCUT2D eigenvalue weighted by atomic mass is 32.2. The highest BCUT2D eigenvalue weighted by Crippen LogP contribution is 2.45. The van der Waals surface area contributed by atoms with E-state index < -0.39 is 27.4 Å². The fraction of sp³-hybridized carbons (Fsp3) is 0.320. The standard InChI is InChI=1S/C25H24N2O6S/c1-15-4-6-18(7-5-15)34(30,31)27-13-20-19-12-25(23(28)32-2,24(29)33-3)11-17(19)10-16-8-9-26-21(14-27)22(16)20/h4-10H,11-14H2,1-3H3. The molecular weight excluding hydrogens is 456 g/mol. The second-order valence-electron chi connectivity index (χ2n) is 8.85. The maximum atomic E-state index is 13.5. The van der Waals surface area contributed by atoms with Crippen molar-refractivity contribution in [1.29, 1.82) is 0 Å². The molecule has 2 heterocycles. The number of benzene rings is 2. The number of hydrogen-bond acceptors (Lipinski definition) is 7. The zero-order valence-electron chi connectivity index (χ0n) is 19.1. The van der Waals surface area contributed by atoms with E-state index in [1.54, 1.807) is 30.5 Å². The van der Waals surface area contributed by atoms with Gasteiger partial charge in [0.1, 0.15) is 0 Å². The zero-order chi connectivity index (χ0) is 24.3. The normalized spacial score (nSPS) is 16.8. The molecule has 1 aliphatic heterocycles. The van der Waals surface area contributed by atoms with Crippen LogP contribution in [0.15, 0.2) is 47.5 Å². The van der Waals surface area contributed by atoms with Gasteiger partial charge in [-0.2, -0.15) is 4.31 Å². The molecule has 0 atom stereocenters. The summed E-state index contributed by atoms with van der Waals surface area (Å²) in [6, 6.07) is 10.6. The monoisotopic (exact) mass is 480 g/mol. The number of rotatable bonds is 4. The molecule has 0 fully saturated rings. The van der Waals surface area contributed by atoms with Crippen LogP contribution in [0.4, 0.5) is 0 Å². The van der Waals surface area contributed by atoms with E-state index in [0.717, 1.165) is 33.0 Å². The Morgan fingerprint density at radius 3 is 2.29 bits per heavy atom. The number of carbonyl (C=O) groups excluding carboxylic acids is 2. The Morgan fingerprint density at radius 2 is 1.65 bits per heavy atom. The minimum absolute atomic E-state index is 0.0830. The molecule has 34 heavy (non-hydrogen) atoms. The predicted octanol–water partition coefficient (Wildman–Crippen LogP) is 2.68. The molecule has 0 unspecified atom stereocenters. The van der Waals surface area contributed by atoms with Gasteiger partial charge in [-0.05, 0) is 53.6 Å². The van der Waals surface area contributed by atoms with Crippen molar-refractivity contribution < 1.29 is 27.5 Å². The quantitative estimate of drug-likeness (QED) is 0.418. The summed E-state index contributed by atoms with van der Waals surface area (Å²) in [5, 5.41) is 1.78.